The highest BCUT2D eigenvalue weighted by atomic mass is 32.2. The number of imide groups is 1. The quantitative estimate of drug-likeness (QED) is 0.491. The van der Waals surface area contributed by atoms with Crippen LogP contribution in [0.25, 0.3) is 0 Å². The fourth-order valence-corrected chi connectivity index (χ4v) is 6.85. The summed E-state index contributed by atoms with van der Waals surface area (Å²) >= 11 is 1.54. The molecule has 2 aliphatic carbocycles. The lowest BCUT2D eigenvalue weighted by Crippen LogP contribution is -2.40. The first-order valence-electron chi connectivity index (χ1n) is 9.23. The third kappa shape index (κ3) is 3.49. The molecule has 26 heavy (non-hydrogen) atoms. The molecule has 1 saturated heterocycles. The largest absolute Gasteiger partial charge is 0.529 e. The van der Waals surface area contributed by atoms with Gasteiger partial charge in [0.15, 0.2) is 0 Å². The normalized spacial score (nSPS) is 31.0. The molecule has 2 fully saturated rings. The number of nitrogens with one attached hydrogen (secondary N) is 1. The number of phosphoric acid groups is 1. The van der Waals surface area contributed by atoms with E-state index in [9.17, 15) is 14.2 Å². The first-order chi connectivity index (χ1) is 12.5. The third-order valence-electron chi connectivity index (χ3n) is 5.11. The van der Waals surface area contributed by atoms with Crippen molar-refractivity contribution in [3.63, 3.8) is 0 Å². The monoisotopic (exact) mass is 403 g/mol. The van der Waals surface area contributed by atoms with E-state index in [1.54, 1.807) is 25.6 Å². The Kier molecular flexibility index (Phi) is 6.17. The summed E-state index contributed by atoms with van der Waals surface area (Å²) in [4.78, 5) is 24.9. The second-order valence-electron chi connectivity index (χ2n) is 6.54. The number of carbonyl (C=O) groups is 2. The number of carbonyl (C=O) groups excluding carboxylic acids is 2. The van der Waals surface area contributed by atoms with Gasteiger partial charge in [0.25, 0.3) is 0 Å². The summed E-state index contributed by atoms with van der Waals surface area (Å²) in [6.07, 6.45) is 2.54. The summed E-state index contributed by atoms with van der Waals surface area (Å²) < 4.78 is 29.5. The van der Waals surface area contributed by atoms with Crippen LogP contribution in [0.5, 0.6) is 0 Å². The van der Waals surface area contributed by atoms with Crippen molar-refractivity contribution >= 4 is 31.4 Å². The summed E-state index contributed by atoms with van der Waals surface area (Å²) in [6, 6.07) is 0. The van der Waals surface area contributed by atoms with Crippen LogP contribution in [0.4, 0.5) is 0 Å². The van der Waals surface area contributed by atoms with Gasteiger partial charge in [0, 0.05) is 0 Å². The van der Waals surface area contributed by atoms with Crippen molar-refractivity contribution in [2.24, 2.45) is 17.8 Å². The van der Waals surface area contributed by atoms with Gasteiger partial charge in [-0.05, 0) is 50.4 Å². The van der Waals surface area contributed by atoms with E-state index < -0.39 is 13.7 Å². The minimum Gasteiger partial charge on any atom is -0.407 e. The van der Waals surface area contributed by atoms with Gasteiger partial charge in [-0.2, -0.15) is 0 Å². The summed E-state index contributed by atoms with van der Waals surface area (Å²) in [7, 11) is -3.76. The van der Waals surface area contributed by atoms with Crippen molar-refractivity contribution in [2.45, 2.75) is 45.3 Å². The predicted molar refractivity (Wildman–Crippen MR) is 98.4 cm³/mol. The van der Waals surface area contributed by atoms with E-state index in [1.807, 2.05) is 6.92 Å². The molecule has 0 aromatic carbocycles. The summed E-state index contributed by atoms with van der Waals surface area (Å²) in [5, 5.41) is 2.14. The van der Waals surface area contributed by atoms with Crippen molar-refractivity contribution in [1.29, 1.82) is 0 Å². The standard InChI is InChI=1S/C17H26NO6PS/c1-4-22-25(21,23-5-2)24-14-11-9-7-8-10(11)12-13(15(14)26-6-3)17(20)18-16(12)19/h10,12-13,15H,4-9H2,1-3H3,(H,18,19,20)/t10-,12-,13-,15-/m0/s1. The zero-order valence-corrected chi connectivity index (χ0v) is 17.1. The molecular weight excluding hydrogens is 377 g/mol. The minimum atomic E-state index is -3.76. The van der Waals surface area contributed by atoms with Crippen LogP contribution in [0.2, 0.25) is 0 Å². The number of thioether (sulfide) groups is 1. The molecule has 2 amide bonds. The van der Waals surface area contributed by atoms with Crippen LogP contribution >= 0.6 is 19.6 Å². The van der Waals surface area contributed by atoms with Crippen LogP contribution in [0.15, 0.2) is 11.3 Å². The van der Waals surface area contributed by atoms with Gasteiger partial charge in [0.1, 0.15) is 5.76 Å². The molecule has 1 heterocycles. The summed E-state index contributed by atoms with van der Waals surface area (Å²) in [5.74, 6) is -0.0552. The molecule has 0 aromatic rings. The molecule has 1 saturated carbocycles. The Bertz CT molecular complexity index is 656. The summed E-state index contributed by atoms with van der Waals surface area (Å²) in [5.41, 5.74) is 1.00. The van der Waals surface area contributed by atoms with Gasteiger partial charge in [-0.15, -0.1) is 11.8 Å². The number of hydrogen-bond donors (Lipinski definition) is 1. The lowest BCUT2D eigenvalue weighted by atomic mass is 9.73. The van der Waals surface area contributed by atoms with E-state index in [0.717, 1.165) is 30.6 Å². The lowest BCUT2D eigenvalue weighted by molar-refractivity contribution is -0.126. The van der Waals surface area contributed by atoms with Crippen molar-refractivity contribution in [3.05, 3.63) is 11.3 Å². The van der Waals surface area contributed by atoms with E-state index >= 15 is 0 Å². The molecule has 1 N–H and O–H groups in total. The molecule has 3 aliphatic rings. The Hall–Kier alpha value is -0.820. The number of allylic oxidation sites excluding steroid dienone is 1. The average molecular weight is 403 g/mol. The number of rotatable bonds is 8. The molecule has 0 radical (unpaired) electrons. The highest BCUT2D eigenvalue weighted by Gasteiger charge is 2.57. The smallest absolute Gasteiger partial charge is 0.407 e. The van der Waals surface area contributed by atoms with Crippen molar-refractivity contribution in [2.75, 3.05) is 19.0 Å². The molecule has 0 bridgehead atoms. The number of fused-ring (bicyclic) bond motifs is 3. The zero-order valence-electron chi connectivity index (χ0n) is 15.4. The third-order valence-corrected chi connectivity index (χ3v) is 7.88. The minimum absolute atomic E-state index is 0.0353. The molecule has 0 spiro atoms. The number of hydrogen-bond acceptors (Lipinski definition) is 7. The molecule has 0 unspecified atom stereocenters. The maximum atomic E-state index is 13.0. The summed E-state index contributed by atoms with van der Waals surface area (Å²) in [6.45, 7) is 5.83. The second-order valence-corrected chi connectivity index (χ2v) is 9.56. The Labute approximate surface area is 158 Å². The Morgan fingerprint density at radius 1 is 1.12 bits per heavy atom. The van der Waals surface area contributed by atoms with Crippen molar-refractivity contribution < 1.29 is 27.7 Å². The number of phosphoric ester groups is 1. The molecular formula is C17H26NO6PS. The maximum absolute atomic E-state index is 13.0. The lowest BCUT2D eigenvalue weighted by Gasteiger charge is -2.37. The molecule has 0 aromatic heterocycles. The van der Waals surface area contributed by atoms with Crippen LogP contribution in [0.3, 0.4) is 0 Å². The molecule has 146 valence electrons. The van der Waals surface area contributed by atoms with Crippen LogP contribution < -0.4 is 5.32 Å². The average Bonchev–Trinajstić information content (AvgIpc) is 3.15. The zero-order chi connectivity index (χ0) is 18.9. The van der Waals surface area contributed by atoms with Crippen LogP contribution in [-0.4, -0.2) is 36.0 Å². The van der Waals surface area contributed by atoms with Crippen molar-refractivity contribution in [3.8, 4) is 0 Å². The molecule has 9 heteroatoms. The first-order valence-corrected chi connectivity index (χ1v) is 11.7. The maximum Gasteiger partial charge on any atom is 0.529 e. The van der Waals surface area contributed by atoms with Crippen molar-refractivity contribution in [1.82, 2.24) is 5.32 Å². The highest BCUT2D eigenvalue weighted by Crippen LogP contribution is 2.59. The predicted octanol–water partition coefficient (Wildman–Crippen LogP) is 3.26. The van der Waals surface area contributed by atoms with Gasteiger partial charge in [-0.25, -0.2) is 4.57 Å². The van der Waals surface area contributed by atoms with Crippen LogP contribution in [-0.2, 0) is 27.7 Å². The molecule has 1 aliphatic heterocycles. The molecule has 4 atom stereocenters. The number of amides is 2. The van der Waals surface area contributed by atoms with Crippen LogP contribution in [0, 0.1) is 17.8 Å². The van der Waals surface area contributed by atoms with Gasteiger partial charge in [0.2, 0.25) is 11.8 Å². The van der Waals surface area contributed by atoms with E-state index in [2.05, 4.69) is 5.32 Å². The Balaban J connectivity index is 2.03. The van der Waals surface area contributed by atoms with E-state index in [4.69, 9.17) is 13.6 Å². The van der Waals surface area contributed by atoms with Gasteiger partial charge in [-0.3, -0.25) is 24.0 Å². The van der Waals surface area contributed by atoms with Crippen LogP contribution in [0.1, 0.15) is 40.0 Å². The highest BCUT2D eigenvalue weighted by molar-refractivity contribution is 8.00. The van der Waals surface area contributed by atoms with E-state index in [-0.39, 0.29) is 42.1 Å². The van der Waals surface area contributed by atoms with E-state index in [1.165, 1.54) is 0 Å². The van der Waals surface area contributed by atoms with Gasteiger partial charge in [-0.1, -0.05) is 6.92 Å². The SMILES string of the molecule is CCOP(=O)(OCC)OC1=C2CCC[C@@H]2[C@@H]2C(=O)NC(=O)[C@@H]2[C@@H]1SCC. The fourth-order valence-electron chi connectivity index (χ4n) is 4.29. The van der Waals surface area contributed by atoms with Gasteiger partial charge >= 0.3 is 7.82 Å². The first kappa shape index (κ1) is 19.9. The van der Waals surface area contributed by atoms with Gasteiger partial charge < -0.3 is 4.52 Å². The molecule has 7 nitrogen and oxygen atoms in total. The fraction of sp³-hybridized carbons (Fsp3) is 0.765. The Morgan fingerprint density at radius 2 is 1.77 bits per heavy atom. The second kappa shape index (κ2) is 8.05. The van der Waals surface area contributed by atoms with E-state index in [0.29, 0.717) is 5.76 Å². The molecule has 3 rings (SSSR count). The topological polar surface area (TPSA) is 90.9 Å². The van der Waals surface area contributed by atoms with Gasteiger partial charge in [0.05, 0.1) is 30.3 Å². The Morgan fingerprint density at radius 3 is 2.38 bits per heavy atom.